The van der Waals surface area contributed by atoms with Gasteiger partial charge in [-0.2, -0.15) is 5.26 Å². The van der Waals surface area contributed by atoms with Crippen LogP contribution in [0.1, 0.15) is 16.7 Å². The molecular formula is C22H20N2O3. The molecule has 0 saturated heterocycles. The zero-order valence-electron chi connectivity index (χ0n) is 15.7. The Labute approximate surface area is 157 Å². The minimum absolute atomic E-state index is 0.105. The Morgan fingerprint density at radius 3 is 2.33 bits per heavy atom. The molecule has 2 aromatic carbocycles. The monoisotopic (exact) mass is 360 g/mol. The van der Waals surface area contributed by atoms with E-state index in [1.165, 1.54) is 0 Å². The highest BCUT2D eigenvalue weighted by Crippen LogP contribution is 2.34. The summed E-state index contributed by atoms with van der Waals surface area (Å²) in [6.07, 6.45) is 0. The Hall–Kier alpha value is -3.52. The van der Waals surface area contributed by atoms with Crippen molar-refractivity contribution in [3.05, 3.63) is 69.5 Å². The standard InChI is InChI=1S/C22H20N2O3/c1-13-5-6-14(2)16(9-13)17-11-19(24-22(25)18(17)12-23)15-7-8-20(26-3)21(10-15)27-4/h5-11H,1-4H3,(H,24,25). The molecule has 0 aliphatic heterocycles. The summed E-state index contributed by atoms with van der Waals surface area (Å²) in [7, 11) is 3.13. The molecule has 5 heteroatoms. The molecule has 0 unspecified atom stereocenters. The van der Waals surface area contributed by atoms with Crippen molar-refractivity contribution in [2.45, 2.75) is 13.8 Å². The van der Waals surface area contributed by atoms with Crippen LogP contribution in [0.5, 0.6) is 11.5 Å². The van der Waals surface area contributed by atoms with Gasteiger partial charge in [-0.05, 0) is 49.2 Å². The Kier molecular flexibility index (Phi) is 5.00. The number of nitrogens with one attached hydrogen (secondary N) is 1. The SMILES string of the molecule is COc1ccc(-c2cc(-c3cc(C)ccc3C)c(C#N)c(=O)[nH]2)cc1OC. The zero-order valence-corrected chi connectivity index (χ0v) is 15.7. The molecule has 0 bridgehead atoms. The Bertz CT molecular complexity index is 1110. The molecule has 0 fully saturated rings. The summed E-state index contributed by atoms with van der Waals surface area (Å²) in [4.78, 5) is 15.4. The maximum atomic E-state index is 12.6. The maximum Gasteiger partial charge on any atom is 0.266 e. The number of aromatic amines is 1. The first-order chi connectivity index (χ1) is 13.0. The van der Waals surface area contributed by atoms with Gasteiger partial charge in [-0.1, -0.05) is 23.8 Å². The third-order valence-corrected chi connectivity index (χ3v) is 4.52. The first-order valence-electron chi connectivity index (χ1n) is 8.46. The van der Waals surface area contributed by atoms with E-state index < -0.39 is 5.56 Å². The third-order valence-electron chi connectivity index (χ3n) is 4.52. The fourth-order valence-electron chi connectivity index (χ4n) is 3.07. The average Bonchev–Trinajstić information content (AvgIpc) is 2.68. The normalized spacial score (nSPS) is 10.3. The van der Waals surface area contributed by atoms with E-state index in [1.54, 1.807) is 26.4 Å². The summed E-state index contributed by atoms with van der Waals surface area (Å²) in [5, 5.41) is 9.53. The van der Waals surface area contributed by atoms with Gasteiger partial charge < -0.3 is 14.5 Å². The van der Waals surface area contributed by atoms with E-state index >= 15 is 0 Å². The van der Waals surface area contributed by atoms with Crippen LogP contribution in [0.4, 0.5) is 0 Å². The largest absolute Gasteiger partial charge is 0.493 e. The van der Waals surface area contributed by atoms with Crippen molar-refractivity contribution < 1.29 is 9.47 Å². The Morgan fingerprint density at radius 2 is 1.67 bits per heavy atom. The molecule has 0 spiro atoms. The first kappa shape index (κ1) is 18.3. The number of nitriles is 1. The van der Waals surface area contributed by atoms with Crippen LogP contribution < -0.4 is 15.0 Å². The minimum Gasteiger partial charge on any atom is -0.493 e. The highest BCUT2D eigenvalue weighted by atomic mass is 16.5. The molecular weight excluding hydrogens is 340 g/mol. The van der Waals surface area contributed by atoms with E-state index in [4.69, 9.17) is 9.47 Å². The number of aryl methyl sites for hydroxylation is 2. The predicted molar refractivity (Wildman–Crippen MR) is 105 cm³/mol. The number of aromatic nitrogens is 1. The second kappa shape index (κ2) is 7.38. The topological polar surface area (TPSA) is 75.1 Å². The van der Waals surface area contributed by atoms with Crippen LogP contribution in [0.15, 0.2) is 47.3 Å². The van der Waals surface area contributed by atoms with Crippen LogP contribution in [0, 0.1) is 25.2 Å². The van der Waals surface area contributed by atoms with Crippen molar-refractivity contribution in [2.75, 3.05) is 14.2 Å². The van der Waals surface area contributed by atoms with Crippen molar-refractivity contribution in [2.24, 2.45) is 0 Å². The summed E-state index contributed by atoms with van der Waals surface area (Å²) in [6, 6.07) is 15.3. The fraction of sp³-hybridized carbons (Fsp3) is 0.182. The summed E-state index contributed by atoms with van der Waals surface area (Å²) in [6.45, 7) is 3.95. The van der Waals surface area contributed by atoms with Crippen LogP contribution in [-0.2, 0) is 0 Å². The molecule has 136 valence electrons. The third kappa shape index (κ3) is 3.42. The quantitative estimate of drug-likeness (QED) is 0.756. The minimum atomic E-state index is -0.416. The lowest BCUT2D eigenvalue weighted by Crippen LogP contribution is -2.13. The van der Waals surface area contributed by atoms with Crippen LogP contribution in [0.25, 0.3) is 22.4 Å². The summed E-state index contributed by atoms with van der Waals surface area (Å²) in [5.41, 5.74) is 4.62. The second-order valence-corrected chi connectivity index (χ2v) is 6.30. The molecule has 0 aliphatic carbocycles. The number of hydrogen-bond donors (Lipinski definition) is 1. The van der Waals surface area contributed by atoms with E-state index in [1.807, 2.05) is 50.2 Å². The number of nitrogens with zero attached hydrogens (tertiary/aromatic N) is 1. The van der Waals surface area contributed by atoms with Gasteiger partial charge in [0.05, 0.1) is 14.2 Å². The average molecular weight is 360 g/mol. The van der Waals surface area contributed by atoms with Gasteiger partial charge in [-0.15, -0.1) is 0 Å². The van der Waals surface area contributed by atoms with E-state index in [9.17, 15) is 10.1 Å². The lowest BCUT2D eigenvalue weighted by molar-refractivity contribution is 0.355. The van der Waals surface area contributed by atoms with Crippen molar-refractivity contribution >= 4 is 0 Å². The number of hydrogen-bond acceptors (Lipinski definition) is 4. The molecule has 1 heterocycles. The van der Waals surface area contributed by atoms with E-state index in [-0.39, 0.29) is 5.56 Å². The van der Waals surface area contributed by atoms with Gasteiger partial charge in [0.25, 0.3) is 5.56 Å². The molecule has 0 saturated carbocycles. The number of ether oxygens (including phenoxy) is 2. The van der Waals surface area contributed by atoms with Crippen LogP contribution >= 0.6 is 0 Å². The molecule has 0 atom stereocenters. The number of rotatable bonds is 4. The highest BCUT2D eigenvalue weighted by Gasteiger charge is 2.15. The molecule has 1 aromatic heterocycles. The molecule has 0 aliphatic rings. The van der Waals surface area contributed by atoms with Crippen molar-refractivity contribution in [3.8, 4) is 40.0 Å². The first-order valence-corrected chi connectivity index (χ1v) is 8.46. The molecule has 0 amide bonds. The van der Waals surface area contributed by atoms with Crippen LogP contribution in [0.3, 0.4) is 0 Å². The van der Waals surface area contributed by atoms with Crippen LogP contribution in [-0.4, -0.2) is 19.2 Å². The van der Waals surface area contributed by atoms with Gasteiger partial charge in [0.2, 0.25) is 0 Å². The summed E-state index contributed by atoms with van der Waals surface area (Å²) in [5.74, 6) is 1.17. The maximum absolute atomic E-state index is 12.6. The smallest absolute Gasteiger partial charge is 0.266 e. The van der Waals surface area contributed by atoms with Crippen LogP contribution in [0.2, 0.25) is 0 Å². The molecule has 5 nitrogen and oxygen atoms in total. The molecule has 0 radical (unpaired) electrons. The number of H-pyrrole nitrogens is 1. The van der Waals surface area contributed by atoms with Gasteiger partial charge >= 0.3 is 0 Å². The zero-order chi connectivity index (χ0) is 19.6. The number of benzene rings is 2. The highest BCUT2D eigenvalue weighted by molar-refractivity contribution is 5.78. The van der Waals surface area contributed by atoms with Crippen molar-refractivity contribution in [1.82, 2.24) is 4.98 Å². The lowest BCUT2D eigenvalue weighted by Gasteiger charge is -2.13. The van der Waals surface area contributed by atoms with Gasteiger partial charge in [-0.3, -0.25) is 4.79 Å². The van der Waals surface area contributed by atoms with Crippen molar-refractivity contribution in [1.29, 1.82) is 5.26 Å². The second-order valence-electron chi connectivity index (χ2n) is 6.30. The predicted octanol–water partition coefficient (Wildman–Crippen LogP) is 4.21. The summed E-state index contributed by atoms with van der Waals surface area (Å²) >= 11 is 0. The van der Waals surface area contributed by atoms with Gasteiger partial charge in [0, 0.05) is 16.8 Å². The Balaban J connectivity index is 2.26. The number of methoxy groups -OCH3 is 2. The van der Waals surface area contributed by atoms with E-state index in [0.717, 1.165) is 22.3 Å². The van der Waals surface area contributed by atoms with E-state index in [2.05, 4.69) is 4.98 Å². The van der Waals surface area contributed by atoms with Crippen molar-refractivity contribution in [3.63, 3.8) is 0 Å². The summed E-state index contributed by atoms with van der Waals surface area (Å²) < 4.78 is 10.6. The molecule has 27 heavy (non-hydrogen) atoms. The lowest BCUT2D eigenvalue weighted by atomic mass is 9.94. The molecule has 3 rings (SSSR count). The fourth-order valence-corrected chi connectivity index (χ4v) is 3.07. The van der Waals surface area contributed by atoms with E-state index in [0.29, 0.717) is 22.8 Å². The van der Waals surface area contributed by atoms with Gasteiger partial charge in [0.15, 0.2) is 11.5 Å². The molecule has 3 aromatic rings. The molecule has 1 N–H and O–H groups in total. The number of pyridine rings is 1. The Morgan fingerprint density at radius 1 is 0.926 bits per heavy atom. The van der Waals surface area contributed by atoms with Gasteiger partial charge in [-0.25, -0.2) is 0 Å². The van der Waals surface area contributed by atoms with Gasteiger partial charge in [0.1, 0.15) is 11.6 Å².